The molecule has 1 N–H and O–H groups in total. The molecule has 6 nitrogen and oxygen atoms in total. The average Bonchev–Trinajstić information content (AvgIpc) is 3.33. The molecule has 1 aliphatic rings. The number of furan rings is 1. The van der Waals surface area contributed by atoms with Crippen molar-refractivity contribution < 1.29 is 14.0 Å². The van der Waals surface area contributed by atoms with Crippen LogP contribution in [0.1, 0.15) is 18.5 Å². The molecule has 0 radical (unpaired) electrons. The van der Waals surface area contributed by atoms with Crippen LogP contribution in [-0.2, 0) is 9.59 Å². The Labute approximate surface area is 175 Å². The standard InChI is InChI=1S/C24H23N3O3/c28-23(10-9-20-6-1-2-13-25-20)27-14-11-18(12-15-27)24(29)26-21-7-3-5-19(17-21)22-8-4-16-30-22/h1-10,13,16-18H,11-12,14-15H2,(H,26,29)/b10-9+. The normalized spacial score (nSPS) is 14.7. The summed E-state index contributed by atoms with van der Waals surface area (Å²) in [4.78, 5) is 31.0. The van der Waals surface area contributed by atoms with E-state index in [1.165, 1.54) is 0 Å². The third kappa shape index (κ3) is 4.84. The van der Waals surface area contributed by atoms with Gasteiger partial charge in [0.1, 0.15) is 5.76 Å². The Hall–Kier alpha value is -3.67. The first-order valence-electron chi connectivity index (χ1n) is 10.0. The third-order valence-electron chi connectivity index (χ3n) is 5.20. The highest BCUT2D eigenvalue weighted by molar-refractivity contribution is 5.94. The smallest absolute Gasteiger partial charge is 0.246 e. The molecular formula is C24H23N3O3. The number of carbonyl (C=O) groups is 2. The molecule has 1 aliphatic heterocycles. The molecule has 0 saturated carbocycles. The number of anilines is 1. The molecule has 0 aliphatic carbocycles. The lowest BCUT2D eigenvalue weighted by Crippen LogP contribution is -2.40. The quantitative estimate of drug-likeness (QED) is 0.649. The van der Waals surface area contributed by atoms with Crippen molar-refractivity contribution in [3.05, 3.63) is 78.8 Å². The van der Waals surface area contributed by atoms with Gasteiger partial charge in [0.25, 0.3) is 0 Å². The topological polar surface area (TPSA) is 75.4 Å². The van der Waals surface area contributed by atoms with Crippen molar-refractivity contribution in [3.8, 4) is 11.3 Å². The Balaban J connectivity index is 1.30. The number of aromatic nitrogens is 1. The lowest BCUT2D eigenvalue weighted by atomic mass is 9.95. The van der Waals surface area contributed by atoms with Crippen molar-refractivity contribution in [1.82, 2.24) is 9.88 Å². The van der Waals surface area contributed by atoms with E-state index in [2.05, 4.69) is 10.3 Å². The number of nitrogens with one attached hydrogen (secondary N) is 1. The zero-order valence-electron chi connectivity index (χ0n) is 16.5. The summed E-state index contributed by atoms with van der Waals surface area (Å²) in [6, 6.07) is 16.9. The summed E-state index contributed by atoms with van der Waals surface area (Å²) in [5, 5.41) is 3.00. The van der Waals surface area contributed by atoms with Crippen LogP contribution < -0.4 is 5.32 Å². The molecule has 2 aromatic heterocycles. The first-order chi connectivity index (χ1) is 14.7. The number of piperidine rings is 1. The van der Waals surface area contributed by atoms with E-state index in [1.807, 2.05) is 54.6 Å². The van der Waals surface area contributed by atoms with Crippen LogP contribution in [0.3, 0.4) is 0 Å². The average molecular weight is 401 g/mol. The number of amides is 2. The summed E-state index contributed by atoms with van der Waals surface area (Å²) in [6.45, 7) is 1.13. The summed E-state index contributed by atoms with van der Waals surface area (Å²) >= 11 is 0. The summed E-state index contributed by atoms with van der Waals surface area (Å²) in [5.74, 6) is 0.589. The van der Waals surface area contributed by atoms with Crippen LogP contribution in [0.2, 0.25) is 0 Å². The van der Waals surface area contributed by atoms with Gasteiger partial charge in [-0.25, -0.2) is 0 Å². The number of likely N-dealkylation sites (tertiary alicyclic amines) is 1. The summed E-state index contributed by atoms with van der Waals surface area (Å²) in [7, 11) is 0. The Bertz CT molecular complexity index is 1020. The Kier molecular flexibility index (Phi) is 6.03. The number of hydrogen-bond acceptors (Lipinski definition) is 4. The predicted molar refractivity (Wildman–Crippen MR) is 115 cm³/mol. The van der Waals surface area contributed by atoms with Gasteiger partial charge in [-0.05, 0) is 55.3 Å². The predicted octanol–water partition coefficient (Wildman–Crippen LogP) is 4.23. The van der Waals surface area contributed by atoms with E-state index in [0.717, 1.165) is 22.7 Å². The maximum Gasteiger partial charge on any atom is 0.246 e. The van der Waals surface area contributed by atoms with Gasteiger partial charge in [0, 0.05) is 42.5 Å². The summed E-state index contributed by atoms with van der Waals surface area (Å²) in [6.07, 6.45) is 7.87. The van der Waals surface area contributed by atoms with Crippen molar-refractivity contribution in [2.75, 3.05) is 18.4 Å². The minimum atomic E-state index is -0.110. The van der Waals surface area contributed by atoms with Gasteiger partial charge >= 0.3 is 0 Å². The second kappa shape index (κ2) is 9.22. The van der Waals surface area contributed by atoms with E-state index in [0.29, 0.717) is 25.9 Å². The highest BCUT2D eigenvalue weighted by Crippen LogP contribution is 2.24. The largest absolute Gasteiger partial charge is 0.464 e. The van der Waals surface area contributed by atoms with Crippen molar-refractivity contribution in [1.29, 1.82) is 0 Å². The number of benzene rings is 1. The molecule has 30 heavy (non-hydrogen) atoms. The van der Waals surface area contributed by atoms with Gasteiger partial charge in [-0.1, -0.05) is 18.2 Å². The maximum absolute atomic E-state index is 12.7. The number of pyridine rings is 1. The van der Waals surface area contributed by atoms with Crippen LogP contribution >= 0.6 is 0 Å². The van der Waals surface area contributed by atoms with Crippen LogP contribution in [0.15, 0.2) is 77.6 Å². The number of carbonyl (C=O) groups excluding carboxylic acids is 2. The Morgan fingerprint density at radius 2 is 1.93 bits per heavy atom. The molecule has 0 unspecified atom stereocenters. The molecule has 1 saturated heterocycles. The van der Waals surface area contributed by atoms with Gasteiger partial charge in [-0.2, -0.15) is 0 Å². The maximum atomic E-state index is 12.7. The molecule has 152 valence electrons. The minimum absolute atomic E-state index is 0.0114. The molecular weight excluding hydrogens is 378 g/mol. The van der Waals surface area contributed by atoms with E-state index in [-0.39, 0.29) is 17.7 Å². The number of rotatable bonds is 5. The van der Waals surface area contributed by atoms with Crippen molar-refractivity contribution >= 4 is 23.6 Å². The van der Waals surface area contributed by atoms with E-state index < -0.39 is 0 Å². The highest BCUT2D eigenvalue weighted by Gasteiger charge is 2.26. The fourth-order valence-corrected chi connectivity index (χ4v) is 3.54. The third-order valence-corrected chi connectivity index (χ3v) is 5.20. The van der Waals surface area contributed by atoms with E-state index >= 15 is 0 Å². The van der Waals surface area contributed by atoms with Gasteiger partial charge in [0.15, 0.2) is 0 Å². The van der Waals surface area contributed by atoms with Crippen LogP contribution in [0.4, 0.5) is 5.69 Å². The monoisotopic (exact) mass is 401 g/mol. The van der Waals surface area contributed by atoms with Crippen LogP contribution in [-0.4, -0.2) is 34.8 Å². The fourth-order valence-electron chi connectivity index (χ4n) is 3.54. The first-order valence-corrected chi connectivity index (χ1v) is 10.0. The van der Waals surface area contributed by atoms with Gasteiger partial charge in [0.05, 0.1) is 12.0 Å². The van der Waals surface area contributed by atoms with Gasteiger partial charge < -0.3 is 14.6 Å². The lowest BCUT2D eigenvalue weighted by Gasteiger charge is -2.30. The van der Waals surface area contributed by atoms with Crippen molar-refractivity contribution in [2.24, 2.45) is 5.92 Å². The van der Waals surface area contributed by atoms with Gasteiger partial charge in [-0.15, -0.1) is 0 Å². The molecule has 3 aromatic rings. The zero-order chi connectivity index (χ0) is 20.8. The summed E-state index contributed by atoms with van der Waals surface area (Å²) < 4.78 is 5.42. The lowest BCUT2D eigenvalue weighted by molar-refractivity contribution is -0.130. The van der Waals surface area contributed by atoms with Crippen molar-refractivity contribution in [2.45, 2.75) is 12.8 Å². The summed E-state index contributed by atoms with van der Waals surface area (Å²) in [5.41, 5.74) is 2.40. The fraction of sp³-hybridized carbons (Fsp3) is 0.208. The number of nitrogens with zero attached hydrogens (tertiary/aromatic N) is 2. The molecule has 1 aromatic carbocycles. The zero-order valence-corrected chi connectivity index (χ0v) is 16.5. The molecule has 6 heteroatoms. The molecule has 0 bridgehead atoms. The molecule has 3 heterocycles. The van der Waals surface area contributed by atoms with Crippen LogP contribution in [0.25, 0.3) is 17.4 Å². The van der Waals surface area contributed by atoms with E-state index in [1.54, 1.807) is 29.5 Å². The van der Waals surface area contributed by atoms with E-state index in [9.17, 15) is 9.59 Å². The number of hydrogen-bond donors (Lipinski definition) is 1. The first kappa shape index (κ1) is 19.6. The second-order valence-corrected chi connectivity index (χ2v) is 7.23. The molecule has 4 rings (SSSR count). The Morgan fingerprint density at radius 1 is 1.07 bits per heavy atom. The van der Waals surface area contributed by atoms with Crippen LogP contribution in [0.5, 0.6) is 0 Å². The highest BCUT2D eigenvalue weighted by atomic mass is 16.3. The SMILES string of the molecule is O=C(Nc1cccc(-c2ccco2)c1)C1CCN(C(=O)/C=C/c2ccccn2)CC1. The van der Waals surface area contributed by atoms with E-state index in [4.69, 9.17) is 4.42 Å². The van der Waals surface area contributed by atoms with Crippen molar-refractivity contribution in [3.63, 3.8) is 0 Å². The molecule has 1 fully saturated rings. The molecule has 2 amide bonds. The van der Waals surface area contributed by atoms with Gasteiger partial charge in [-0.3, -0.25) is 14.6 Å². The minimum Gasteiger partial charge on any atom is -0.464 e. The molecule has 0 spiro atoms. The Morgan fingerprint density at radius 3 is 2.67 bits per heavy atom. The molecule has 0 atom stereocenters. The second-order valence-electron chi connectivity index (χ2n) is 7.23. The van der Waals surface area contributed by atoms with Crippen LogP contribution in [0, 0.1) is 5.92 Å². The van der Waals surface area contributed by atoms with Gasteiger partial charge in [0.2, 0.25) is 11.8 Å².